The van der Waals surface area contributed by atoms with E-state index in [0.717, 1.165) is 24.1 Å². The lowest BCUT2D eigenvalue weighted by molar-refractivity contribution is -0.137. The van der Waals surface area contributed by atoms with Gasteiger partial charge in [-0.3, -0.25) is 14.4 Å². The Balaban J connectivity index is 1.71. The van der Waals surface area contributed by atoms with Crippen molar-refractivity contribution in [2.45, 2.75) is 38.1 Å². The molecule has 6 nitrogen and oxygen atoms in total. The van der Waals surface area contributed by atoms with Gasteiger partial charge in [0.1, 0.15) is 0 Å². The van der Waals surface area contributed by atoms with Crippen LogP contribution in [0.5, 0.6) is 0 Å². The van der Waals surface area contributed by atoms with Crippen molar-refractivity contribution in [3.05, 3.63) is 29.3 Å². The highest BCUT2D eigenvalue weighted by Crippen LogP contribution is 2.34. The highest BCUT2D eigenvalue weighted by atomic mass is 16.4. The maximum absolute atomic E-state index is 12.3. The Hall–Kier alpha value is -2.37. The summed E-state index contributed by atoms with van der Waals surface area (Å²) in [5, 5.41) is 14.5. The second-order valence-corrected chi connectivity index (χ2v) is 5.94. The molecule has 3 rings (SSSR count). The first-order valence-corrected chi connectivity index (χ1v) is 7.48. The number of hydrogen-bond acceptors (Lipinski definition) is 3. The van der Waals surface area contributed by atoms with E-state index in [1.54, 1.807) is 18.2 Å². The molecule has 2 aliphatic rings. The number of carbonyl (C=O) groups is 3. The molecule has 0 aromatic heterocycles. The molecule has 1 atom stereocenters. The Bertz CT molecular complexity index is 637. The van der Waals surface area contributed by atoms with Crippen LogP contribution in [0.4, 0.5) is 5.69 Å². The number of nitrogens with one attached hydrogen (secondary N) is 2. The van der Waals surface area contributed by atoms with Crippen LogP contribution < -0.4 is 10.6 Å². The van der Waals surface area contributed by atoms with E-state index < -0.39 is 5.97 Å². The molecule has 1 aliphatic carbocycles. The van der Waals surface area contributed by atoms with E-state index in [0.29, 0.717) is 18.4 Å². The Morgan fingerprint density at radius 3 is 2.77 bits per heavy atom. The first kappa shape index (κ1) is 14.6. The smallest absolute Gasteiger partial charge is 0.305 e. The van der Waals surface area contributed by atoms with Crippen molar-refractivity contribution in [2.24, 2.45) is 5.92 Å². The first-order chi connectivity index (χ1) is 10.5. The van der Waals surface area contributed by atoms with Gasteiger partial charge >= 0.3 is 5.97 Å². The van der Waals surface area contributed by atoms with E-state index in [2.05, 4.69) is 10.6 Å². The van der Waals surface area contributed by atoms with Gasteiger partial charge in [-0.15, -0.1) is 0 Å². The van der Waals surface area contributed by atoms with Gasteiger partial charge in [0.2, 0.25) is 5.91 Å². The van der Waals surface area contributed by atoms with Crippen LogP contribution in [0.2, 0.25) is 0 Å². The molecule has 1 unspecified atom stereocenters. The normalized spacial score (nSPS) is 18.1. The minimum absolute atomic E-state index is 0.0139. The molecule has 0 saturated heterocycles. The average Bonchev–Trinajstić information content (AvgIpc) is 3.30. The minimum atomic E-state index is -0.898. The fourth-order valence-corrected chi connectivity index (χ4v) is 2.80. The number of rotatable bonds is 5. The van der Waals surface area contributed by atoms with Crippen LogP contribution in [0.15, 0.2) is 18.2 Å². The molecule has 1 aromatic carbocycles. The summed E-state index contributed by atoms with van der Waals surface area (Å²) in [4.78, 5) is 34.5. The number of benzene rings is 1. The number of anilines is 1. The third-order valence-corrected chi connectivity index (χ3v) is 4.16. The van der Waals surface area contributed by atoms with Crippen LogP contribution in [0, 0.1) is 5.92 Å². The van der Waals surface area contributed by atoms with E-state index in [1.165, 1.54) is 0 Å². The molecule has 2 amide bonds. The van der Waals surface area contributed by atoms with Crippen LogP contribution in [0.1, 0.15) is 41.6 Å². The van der Waals surface area contributed by atoms with E-state index in [1.807, 2.05) is 0 Å². The topological polar surface area (TPSA) is 95.5 Å². The van der Waals surface area contributed by atoms with E-state index >= 15 is 0 Å². The Morgan fingerprint density at radius 1 is 1.32 bits per heavy atom. The summed E-state index contributed by atoms with van der Waals surface area (Å²) >= 11 is 0. The zero-order chi connectivity index (χ0) is 15.7. The number of aliphatic carboxylic acids is 1. The van der Waals surface area contributed by atoms with E-state index in [9.17, 15) is 14.4 Å². The van der Waals surface area contributed by atoms with Gasteiger partial charge in [-0.1, -0.05) is 0 Å². The molecule has 116 valence electrons. The molecule has 0 bridgehead atoms. The third-order valence-electron chi connectivity index (χ3n) is 4.16. The molecule has 1 aromatic rings. The molecule has 0 radical (unpaired) electrons. The fourth-order valence-electron chi connectivity index (χ4n) is 2.80. The maximum atomic E-state index is 12.3. The van der Waals surface area contributed by atoms with Crippen molar-refractivity contribution in [1.29, 1.82) is 0 Å². The maximum Gasteiger partial charge on any atom is 0.305 e. The molecular formula is C16H18N2O4. The second-order valence-electron chi connectivity index (χ2n) is 5.94. The molecular weight excluding hydrogens is 284 g/mol. The number of carboxylic acids is 1. The summed E-state index contributed by atoms with van der Waals surface area (Å²) in [5.41, 5.74) is 2.19. The Labute approximate surface area is 127 Å². The molecule has 6 heteroatoms. The van der Waals surface area contributed by atoms with Gasteiger partial charge in [0, 0.05) is 23.7 Å². The van der Waals surface area contributed by atoms with Gasteiger partial charge in [-0.2, -0.15) is 0 Å². The number of aryl methyl sites for hydroxylation is 1. The first-order valence-electron chi connectivity index (χ1n) is 7.48. The largest absolute Gasteiger partial charge is 0.481 e. The lowest BCUT2D eigenvalue weighted by Crippen LogP contribution is -2.38. The molecule has 0 spiro atoms. The van der Waals surface area contributed by atoms with Gasteiger partial charge in [0.15, 0.2) is 0 Å². The summed E-state index contributed by atoms with van der Waals surface area (Å²) in [5.74, 6) is -0.889. The summed E-state index contributed by atoms with van der Waals surface area (Å²) in [6, 6.07) is 4.85. The van der Waals surface area contributed by atoms with E-state index in [-0.39, 0.29) is 30.2 Å². The summed E-state index contributed by atoms with van der Waals surface area (Å²) in [6.45, 7) is 0. The second kappa shape index (κ2) is 5.79. The molecule has 1 fully saturated rings. The molecule has 3 N–H and O–H groups in total. The monoisotopic (exact) mass is 302 g/mol. The van der Waals surface area contributed by atoms with Crippen molar-refractivity contribution in [1.82, 2.24) is 5.32 Å². The van der Waals surface area contributed by atoms with Crippen LogP contribution in [-0.2, 0) is 16.0 Å². The van der Waals surface area contributed by atoms with Crippen LogP contribution in [0.25, 0.3) is 0 Å². The summed E-state index contributed by atoms with van der Waals surface area (Å²) in [6.07, 6.45) is 2.92. The van der Waals surface area contributed by atoms with Crippen molar-refractivity contribution in [3.8, 4) is 0 Å². The van der Waals surface area contributed by atoms with Crippen molar-refractivity contribution in [3.63, 3.8) is 0 Å². The van der Waals surface area contributed by atoms with Crippen LogP contribution in [-0.4, -0.2) is 28.9 Å². The third kappa shape index (κ3) is 3.27. The minimum Gasteiger partial charge on any atom is -0.481 e. The number of carbonyl (C=O) groups excluding carboxylic acids is 2. The lowest BCUT2D eigenvalue weighted by Gasteiger charge is -2.19. The number of fused-ring (bicyclic) bond motifs is 1. The highest BCUT2D eigenvalue weighted by Gasteiger charge is 2.34. The van der Waals surface area contributed by atoms with Crippen molar-refractivity contribution >= 4 is 23.5 Å². The van der Waals surface area contributed by atoms with Crippen LogP contribution in [0.3, 0.4) is 0 Å². The summed E-state index contributed by atoms with van der Waals surface area (Å²) < 4.78 is 0. The molecule has 1 heterocycles. The Morgan fingerprint density at radius 2 is 2.09 bits per heavy atom. The fraction of sp³-hybridized carbons (Fsp3) is 0.438. The molecule has 22 heavy (non-hydrogen) atoms. The van der Waals surface area contributed by atoms with Gasteiger partial charge in [0.25, 0.3) is 5.91 Å². The summed E-state index contributed by atoms with van der Waals surface area (Å²) in [7, 11) is 0. The quantitative estimate of drug-likeness (QED) is 0.769. The van der Waals surface area contributed by atoms with Crippen LogP contribution >= 0.6 is 0 Å². The van der Waals surface area contributed by atoms with E-state index in [4.69, 9.17) is 5.11 Å². The Kier molecular flexibility index (Phi) is 3.83. The predicted octanol–water partition coefficient (Wildman–Crippen LogP) is 1.55. The van der Waals surface area contributed by atoms with Crippen molar-refractivity contribution in [2.75, 3.05) is 5.32 Å². The van der Waals surface area contributed by atoms with Crippen molar-refractivity contribution < 1.29 is 19.5 Å². The lowest BCUT2D eigenvalue weighted by atomic mass is 9.99. The zero-order valence-corrected chi connectivity index (χ0v) is 12.1. The van der Waals surface area contributed by atoms with Gasteiger partial charge in [-0.25, -0.2) is 0 Å². The number of amides is 2. The standard InChI is InChI=1S/C16H18N2O4/c19-14-6-4-10-7-11(3-5-12(10)17-14)16(22)18-13(8-15(20)21)9-1-2-9/h3,5,7,9,13H,1-2,4,6,8H2,(H,17,19)(H,18,22)(H,20,21). The van der Waals surface area contributed by atoms with Gasteiger partial charge < -0.3 is 15.7 Å². The predicted molar refractivity (Wildman–Crippen MR) is 79.6 cm³/mol. The number of carboxylic acid groups (broad SMARTS) is 1. The molecule has 1 saturated carbocycles. The zero-order valence-electron chi connectivity index (χ0n) is 12.1. The number of hydrogen-bond donors (Lipinski definition) is 3. The van der Waals surface area contributed by atoms with Gasteiger partial charge in [-0.05, 0) is 48.9 Å². The SMILES string of the molecule is O=C(O)CC(NC(=O)c1ccc2c(c1)CCC(=O)N2)C1CC1. The van der Waals surface area contributed by atoms with Gasteiger partial charge in [0.05, 0.1) is 6.42 Å². The average molecular weight is 302 g/mol. The highest BCUT2D eigenvalue weighted by molar-refractivity contribution is 5.98. The molecule has 1 aliphatic heterocycles.